The molecule has 88 valence electrons. The molecular weight excluding hydrogens is 262 g/mol. The molecule has 0 spiro atoms. The molecule has 0 fully saturated rings. The summed E-state index contributed by atoms with van der Waals surface area (Å²) < 4.78 is 1.15. The molecule has 1 nitrogen and oxygen atoms in total. The Labute approximate surface area is 107 Å². The number of nitrogens with one attached hydrogen (secondary N) is 1. The van der Waals surface area contributed by atoms with Crippen LogP contribution >= 0.6 is 15.9 Å². The highest BCUT2D eigenvalue weighted by atomic mass is 79.9. The second-order valence-corrected chi connectivity index (χ2v) is 4.98. The van der Waals surface area contributed by atoms with Gasteiger partial charge in [0, 0.05) is 16.2 Å². The quantitative estimate of drug-likeness (QED) is 0.740. The zero-order valence-electron chi connectivity index (χ0n) is 10.1. The Bertz CT molecular complexity index is 347. The van der Waals surface area contributed by atoms with Crippen LogP contribution in [0.25, 0.3) is 0 Å². The minimum atomic E-state index is 0.490. The van der Waals surface area contributed by atoms with E-state index in [1.54, 1.807) is 0 Å². The minimum absolute atomic E-state index is 0.490. The van der Waals surface area contributed by atoms with Crippen LogP contribution in [0.1, 0.15) is 32.3 Å². The normalized spacial score (nSPS) is 12.2. The van der Waals surface area contributed by atoms with E-state index in [0.717, 1.165) is 23.7 Å². The van der Waals surface area contributed by atoms with Crippen molar-refractivity contribution >= 4 is 21.6 Å². The summed E-state index contributed by atoms with van der Waals surface area (Å²) in [4.78, 5) is 0. The van der Waals surface area contributed by atoms with Crippen LogP contribution in [-0.2, 0) is 6.42 Å². The van der Waals surface area contributed by atoms with Gasteiger partial charge >= 0.3 is 0 Å². The standard InChI is InChI=1S/C14H20BrN/c1-4-6-7-11(3)16-14-9-8-13(15)10-12(14)5-2/h4,8-11,16H,1,5-7H2,2-3H3. The van der Waals surface area contributed by atoms with Gasteiger partial charge in [-0.1, -0.05) is 28.9 Å². The fraction of sp³-hybridized carbons (Fsp3) is 0.429. The molecule has 0 aromatic heterocycles. The maximum absolute atomic E-state index is 3.75. The van der Waals surface area contributed by atoms with E-state index in [1.807, 2.05) is 6.08 Å². The Balaban J connectivity index is 2.68. The van der Waals surface area contributed by atoms with E-state index in [4.69, 9.17) is 0 Å². The van der Waals surface area contributed by atoms with E-state index in [1.165, 1.54) is 11.3 Å². The van der Waals surface area contributed by atoms with Gasteiger partial charge in [0.05, 0.1) is 0 Å². The lowest BCUT2D eigenvalue weighted by Crippen LogP contribution is -2.15. The van der Waals surface area contributed by atoms with Crippen LogP contribution in [0.5, 0.6) is 0 Å². The fourth-order valence-electron chi connectivity index (χ4n) is 1.70. The zero-order chi connectivity index (χ0) is 12.0. The summed E-state index contributed by atoms with van der Waals surface area (Å²) in [6, 6.07) is 6.90. The molecule has 1 aromatic carbocycles. The third-order valence-corrected chi connectivity index (χ3v) is 3.15. The van der Waals surface area contributed by atoms with Gasteiger partial charge in [-0.2, -0.15) is 0 Å². The van der Waals surface area contributed by atoms with Crippen molar-refractivity contribution in [2.75, 3.05) is 5.32 Å². The molecule has 0 heterocycles. The van der Waals surface area contributed by atoms with Crippen LogP contribution in [0.3, 0.4) is 0 Å². The summed E-state index contributed by atoms with van der Waals surface area (Å²) >= 11 is 3.50. The number of hydrogen-bond acceptors (Lipinski definition) is 1. The third kappa shape index (κ3) is 4.01. The molecule has 0 saturated heterocycles. The summed E-state index contributed by atoms with van der Waals surface area (Å²) in [6.45, 7) is 8.15. The number of hydrogen-bond donors (Lipinski definition) is 1. The number of rotatable bonds is 6. The molecule has 0 amide bonds. The monoisotopic (exact) mass is 281 g/mol. The SMILES string of the molecule is C=CCCC(C)Nc1ccc(Br)cc1CC. The molecule has 0 aliphatic heterocycles. The van der Waals surface area contributed by atoms with Gasteiger partial charge in [0.2, 0.25) is 0 Å². The number of allylic oxidation sites excluding steroid dienone is 1. The predicted molar refractivity (Wildman–Crippen MR) is 76.0 cm³/mol. The van der Waals surface area contributed by atoms with Crippen molar-refractivity contribution in [3.63, 3.8) is 0 Å². The fourth-order valence-corrected chi connectivity index (χ4v) is 2.11. The number of benzene rings is 1. The molecule has 16 heavy (non-hydrogen) atoms. The lowest BCUT2D eigenvalue weighted by molar-refractivity contribution is 0.717. The summed E-state index contributed by atoms with van der Waals surface area (Å²) in [7, 11) is 0. The van der Waals surface area contributed by atoms with Crippen LogP contribution in [0.2, 0.25) is 0 Å². The van der Waals surface area contributed by atoms with Crippen molar-refractivity contribution in [3.05, 3.63) is 40.9 Å². The smallest absolute Gasteiger partial charge is 0.0375 e. The lowest BCUT2D eigenvalue weighted by atomic mass is 10.1. The van der Waals surface area contributed by atoms with E-state index in [9.17, 15) is 0 Å². The van der Waals surface area contributed by atoms with Crippen LogP contribution < -0.4 is 5.32 Å². The molecule has 1 rings (SSSR count). The molecule has 0 bridgehead atoms. The Kier molecular flexibility index (Phi) is 5.61. The molecule has 0 aliphatic rings. The van der Waals surface area contributed by atoms with Crippen LogP contribution in [0.4, 0.5) is 5.69 Å². The number of anilines is 1. The molecule has 0 saturated carbocycles. The van der Waals surface area contributed by atoms with Gasteiger partial charge in [0.15, 0.2) is 0 Å². The molecule has 1 aromatic rings. The van der Waals surface area contributed by atoms with Crippen molar-refractivity contribution in [1.82, 2.24) is 0 Å². The summed E-state index contributed by atoms with van der Waals surface area (Å²) in [5, 5.41) is 3.55. The topological polar surface area (TPSA) is 12.0 Å². The first-order valence-electron chi connectivity index (χ1n) is 5.83. The van der Waals surface area contributed by atoms with E-state index in [2.05, 4.69) is 59.9 Å². The Hall–Kier alpha value is -0.760. The molecule has 0 aliphatic carbocycles. The van der Waals surface area contributed by atoms with E-state index in [0.29, 0.717) is 6.04 Å². The van der Waals surface area contributed by atoms with Crippen molar-refractivity contribution in [1.29, 1.82) is 0 Å². The Morgan fingerprint density at radius 3 is 2.88 bits per heavy atom. The first kappa shape index (κ1) is 13.3. The summed E-state index contributed by atoms with van der Waals surface area (Å²) in [5.41, 5.74) is 2.61. The lowest BCUT2D eigenvalue weighted by Gasteiger charge is -2.17. The van der Waals surface area contributed by atoms with Gasteiger partial charge in [0.25, 0.3) is 0 Å². The summed E-state index contributed by atoms with van der Waals surface area (Å²) in [6.07, 6.45) is 5.21. The van der Waals surface area contributed by atoms with E-state index >= 15 is 0 Å². The molecule has 1 N–H and O–H groups in total. The van der Waals surface area contributed by atoms with Crippen molar-refractivity contribution < 1.29 is 0 Å². The summed E-state index contributed by atoms with van der Waals surface area (Å²) in [5.74, 6) is 0. The molecular formula is C14H20BrN. The second-order valence-electron chi connectivity index (χ2n) is 4.07. The van der Waals surface area contributed by atoms with Gasteiger partial charge in [-0.3, -0.25) is 0 Å². The second kappa shape index (κ2) is 6.74. The average Bonchev–Trinajstić information content (AvgIpc) is 2.28. The maximum Gasteiger partial charge on any atom is 0.0375 e. The van der Waals surface area contributed by atoms with E-state index < -0.39 is 0 Å². The van der Waals surface area contributed by atoms with E-state index in [-0.39, 0.29) is 0 Å². The minimum Gasteiger partial charge on any atom is -0.382 e. The average molecular weight is 282 g/mol. The molecule has 1 unspecified atom stereocenters. The molecule has 0 radical (unpaired) electrons. The third-order valence-electron chi connectivity index (χ3n) is 2.65. The van der Waals surface area contributed by atoms with Crippen molar-refractivity contribution in [2.45, 2.75) is 39.2 Å². The van der Waals surface area contributed by atoms with Gasteiger partial charge in [-0.05, 0) is 49.9 Å². The first-order chi connectivity index (χ1) is 7.67. The highest BCUT2D eigenvalue weighted by Crippen LogP contribution is 2.22. The van der Waals surface area contributed by atoms with Gasteiger partial charge < -0.3 is 5.32 Å². The maximum atomic E-state index is 3.75. The van der Waals surface area contributed by atoms with Gasteiger partial charge in [-0.25, -0.2) is 0 Å². The van der Waals surface area contributed by atoms with Crippen molar-refractivity contribution in [2.24, 2.45) is 0 Å². The van der Waals surface area contributed by atoms with Crippen LogP contribution in [0, 0.1) is 0 Å². The largest absolute Gasteiger partial charge is 0.382 e. The Morgan fingerprint density at radius 2 is 2.25 bits per heavy atom. The zero-order valence-corrected chi connectivity index (χ0v) is 11.7. The van der Waals surface area contributed by atoms with Crippen molar-refractivity contribution in [3.8, 4) is 0 Å². The molecule has 1 atom stereocenters. The number of aryl methyl sites for hydroxylation is 1. The Morgan fingerprint density at radius 1 is 1.50 bits per heavy atom. The van der Waals surface area contributed by atoms with Crippen LogP contribution in [0.15, 0.2) is 35.3 Å². The first-order valence-corrected chi connectivity index (χ1v) is 6.62. The molecule has 2 heteroatoms. The van der Waals surface area contributed by atoms with Crippen LogP contribution in [-0.4, -0.2) is 6.04 Å². The van der Waals surface area contributed by atoms with Gasteiger partial charge in [0.1, 0.15) is 0 Å². The predicted octanol–water partition coefficient (Wildman–Crippen LogP) is 4.78. The van der Waals surface area contributed by atoms with Gasteiger partial charge in [-0.15, -0.1) is 6.58 Å². The highest BCUT2D eigenvalue weighted by Gasteiger charge is 2.05. The highest BCUT2D eigenvalue weighted by molar-refractivity contribution is 9.10. The number of halogens is 1.